The third-order valence-corrected chi connectivity index (χ3v) is 4.13. The Labute approximate surface area is 130 Å². The molecule has 0 bridgehead atoms. The van der Waals surface area contributed by atoms with Gasteiger partial charge in [-0.1, -0.05) is 81.6 Å². The molecule has 2 rings (SSSR count). The Hall–Kier alpha value is -1.56. The van der Waals surface area contributed by atoms with Crippen LogP contribution in [0.25, 0.3) is 11.1 Å². The van der Waals surface area contributed by atoms with Crippen molar-refractivity contribution < 1.29 is 0 Å². The summed E-state index contributed by atoms with van der Waals surface area (Å²) >= 11 is 0. The maximum absolute atomic E-state index is 2.29. The highest BCUT2D eigenvalue weighted by molar-refractivity contribution is 5.63. The molecule has 0 nitrogen and oxygen atoms in total. The summed E-state index contributed by atoms with van der Waals surface area (Å²) in [5, 5.41) is 0. The monoisotopic (exact) mass is 280 g/mol. The van der Waals surface area contributed by atoms with Crippen molar-refractivity contribution in [2.24, 2.45) is 0 Å². The van der Waals surface area contributed by atoms with Crippen molar-refractivity contribution in [3.8, 4) is 11.1 Å². The Bertz CT molecular complexity index is 505. The first-order valence-corrected chi connectivity index (χ1v) is 8.51. The summed E-state index contributed by atoms with van der Waals surface area (Å²) in [7, 11) is 0. The van der Waals surface area contributed by atoms with Gasteiger partial charge in [-0.25, -0.2) is 0 Å². The molecule has 0 fully saturated rings. The maximum atomic E-state index is 2.29. The Morgan fingerprint density at radius 2 is 0.952 bits per heavy atom. The van der Waals surface area contributed by atoms with Crippen LogP contribution in [0.5, 0.6) is 0 Å². The lowest BCUT2D eigenvalue weighted by Gasteiger charge is -2.06. The van der Waals surface area contributed by atoms with Gasteiger partial charge in [0.15, 0.2) is 0 Å². The lowest BCUT2D eigenvalue weighted by molar-refractivity contribution is 0.717. The van der Waals surface area contributed by atoms with Gasteiger partial charge in [-0.3, -0.25) is 0 Å². The van der Waals surface area contributed by atoms with Crippen LogP contribution in [0.4, 0.5) is 0 Å². The Kier molecular flexibility index (Phi) is 6.53. The van der Waals surface area contributed by atoms with Crippen molar-refractivity contribution in [1.82, 2.24) is 0 Å². The van der Waals surface area contributed by atoms with Crippen LogP contribution in [-0.2, 0) is 12.8 Å². The molecule has 0 saturated carbocycles. The molecule has 0 heterocycles. The van der Waals surface area contributed by atoms with Crippen LogP contribution in [0.1, 0.15) is 57.1 Å². The van der Waals surface area contributed by atoms with Crippen LogP contribution in [0.15, 0.2) is 48.5 Å². The van der Waals surface area contributed by atoms with E-state index in [2.05, 4.69) is 62.4 Å². The average molecular weight is 280 g/mol. The molecule has 2 aromatic rings. The number of rotatable bonds is 8. The van der Waals surface area contributed by atoms with E-state index >= 15 is 0 Å². The van der Waals surface area contributed by atoms with Gasteiger partial charge in [0.25, 0.3) is 0 Å². The summed E-state index contributed by atoms with van der Waals surface area (Å²) in [6.07, 6.45) is 8.90. The van der Waals surface area contributed by atoms with Crippen LogP contribution in [0.2, 0.25) is 0 Å². The van der Waals surface area contributed by atoms with Crippen molar-refractivity contribution in [2.75, 3.05) is 0 Å². The fraction of sp³-hybridized carbons (Fsp3) is 0.429. The fourth-order valence-corrected chi connectivity index (χ4v) is 2.69. The largest absolute Gasteiger partial charge is 0.0654 e. The average Bonchev–Trinajstić information content (AvgIpc) is 2.54. The molecule has 2 aromatic carbocycles. The third-order valence-electron chi connectivity index (χ3n) is 4.13. The van der Waals surface area contributed by atoms with Gasteiger partial charge in [0.1, 0.15) is 0 Å². The summed E-state index contributed by atoms with van der Waals surface area (Å²) in [6, 6.07) is 18.2. The first kappa shape index (κ1) is 15.8. The number of aryl methyl sites for hydroxylation is 2. The third kappa shape index (κ3) is 5.04. The van der Waals surface area contributed by atoms with Crippen LogP contribution in [0.3, 0.4) is 0 Å². The van der Waals surface area contributed by atoms with E-state index in [9.17, 15) is 0 Å². The van der Waals surface area contributed by atoms with E-state index in [-0.39, 0.29) is 0 Å². The summed E-state index contributed by atoms with van der Waals surface area (Å²) in [5.41, 5.74) is 5.58. The van der Waals surface area contributed by atoms with E-state index < -0.39 is 0 Å². The first-order chi connectivity index (χ1) is 10.3. The number of unbranched alkanes of at least 4 members (excludes halogenated alkanes) is 3. The van der Waals surface area contributed by atoms with Gasteiger partial charge < -0.3 is 0 Å². The summed E-state index contributed by atoms with van der Waals surface area (Å²) in [6.45, 7) is 4.50. The molecule has 0 aliphatic heterocycles. The molecule has 0 amide bonds. The molecule has 21 heavy (non-hydrogen) atoms. The van der Waals surface area contributed by atoms with Gasteiger partial charge >= 0.3 is 0 Å². The molecule has 0 saturated heterocycles. The second-order valence-corrected chi connectivity index (χ2v) is 5.95. The van der Waals surface area contributed by atoms with Gasteiger partial charge in [0.05, 0.1) is 0 Å². The quantitative estimate of drug-likeness (QED) is 0.489. The molecule has 0 aliphatic rings. The van der Waals surface area contributed by atoms with E-state index in [1.165, 1.54) is 67.2 Å². The van der Waals surface area contributed by atoms with Gasteiger partial charge in [0, 0.05) is 0 Å². The second kappa shape index (κ2) is 8.67. The summed E-state index contributed by atoms with van der Waals surface area (Å²) < 4.78 is 0. The SMILES string of the molecule is CCCCCc1ccc(-c2ccc(CCCC)cc2)cc1. The minimum absolute atomic E-state index is 1.20. The van der Waals surface area contributed by atoms with E-state index in [4.69, 9.17) is 0 Å². The molecular weight excluding hydrogens is 252 g/mol. The van der Waals surface area contributed by atoms with Crippen molar-refractivity contribution in [1.29, 1.82) is 0 Å². The highest BCUT2D eigenvalue weighted by Gasteiger charge is 1.99. The zero-order valence-corrected chi connectivity index (χ0v) is 13.6. The molecule has 0 aromatic heterocycles. The van der Waals surface area contributed by atoms with E-state index in [1.807, 2.05) is 0 Å². The predicted octanol–water partition coefficient (Wildman–Crippen LogP) is 6.43. The van der Waals surface area contributed by atoms with Crippen molar-refractivity contribution >= 4 is 0 Å². The van der Waals surface area contributed by atoms with E-state index in [0.717, 1.165) is 0 Å². The predicted molar refractivity (Wildman–Crippen MR) is 93.7 cm³/mol. The van der Waals surface area contributed by atoms with Gasteiger partial charge in [0.2, 0.25) is 0 Å². The minimum Gasteiger partial charge on any atom is -0.0654 e. The molecule has 0 unspecified atom stereocenters. The van der Waals surface area contributed by atoms with E-state index in [1.54, 1.807) is 0 Å². The van der Waals surface area contributed by atoms with Gasteiger partial charge in [-0.2, -0.15) is 0 Å². The second-order valence-electron chi connectivity index (χ2n) is 5.95. The summed E-state index contributed by atoms with van der Waals surface area (Å²) in [5.74, 6) is 0. The molecule has 0 atom stereocenters. The molecular formula is C21H28. The van der Waals surface area contributed by atoms with Gasteiger partial charge in [-0.15, -0.1) is 0 Å². The van der Waals surface area contributed by atoms with Crippen LogP contribution in [0, 0.1) is 0 Å². The first-order valence-electron chi connectivity index (χ1n) is 8.51. The molecule has 0 spiro atoms. The van der Waals surface area contributed by atoms with Crippen molar-refractivity contribution in [2.45, 2.75) is 58.8 Å². The minimum atomic E-state index is 1.20. The van der Waals surface area contributed by atoms with Crippen LogP contribution < -0.4 is 0 Å². The number of hydrogen-bond acceptors (Lipinski definition) is 0. The topological polar surface area (TPSA) is 0 Å². The molecule has 0 radical (unpaired) electrons. The molecule has 0 heteroatoms. The molecule has 112 valence electrons. The van der Waals surface area contributed by atoms with Crippen molar-refractivity contribution in [3.05, 3.63) is 59.7 Å². The zero-order chi connectivity index (χ0) is 14.9. The lowest BCUT2D eigenvalue weighted by Crippen LogP contribution is -1.87. The van der Waals surface area contributed by atoms with Crippen molar-refractivity contribution in [3.63, 3.8) is 0 Å². The molecule has 0 aliphatic carbocycles. The lowest BCUT2D eigenvalue weighted by atomic mass is 9.99. The Balaban J connectivity index is 1.97. The highest BCUT2D eigenvalue weighted by Crippen LogP contribution is 2.21. The van der Waals surface area contributed by atoms with Gasteiger partial charge in [-0.05, 0) is 47.9 Å². The summed E-state index contributed by atoms with van der Waals surface area (Å²) in [4.78, 5) is 0. The standard InChI is InChI=1S/C21H28/c1-3-5-7-9-19-12-16-21(17-13-19)20-14-10-18(11-15-20)8-6-4-2/h10-17H,3-9H2,1-2H3. The number of benzene rings is 2. The Morgan fingerprint density at radius 1 is 0.524 bits per heavy atom. The Morgan fingerprint density at radius 3 is 1.38 bits per heavy atom. The molecule has 0 N–H and O–H groups in total. The zero-order valence-electron chi connectivity index (χ0n) is 13.6. The van der Waals surface area contributed by atoms with E-state index in [0.29, 0.717) is 0 Å². The maximum Gasteiger partial charge on any atom is -0.0184 e. The van der Waals surface area contributed by atoms with Crippen LogP contribution in [-0.4, -0.2) is 0 Å². The smallest absolute Gasteiger partial charge is 0.0184 e. The van der Waals surface area contributed by atoms with Crippen LogP contribution >= 0.6 is 0 Å². The highest BCUT2D eigenvalue weighted by atomic mass is 14.0. The fourth-order valence-electron chi connectivity index (χ4n) is 2.69. The number of hydrogen-bond donors (Lipinski definition) is 0. The normalized spacial score (nSPS) is 10.8.